The fourth-order valence-electron chi connectivity index (χ4n) is 1.50. The van der Waals surface area contributed by atoms with Crippen LogP contribution in [0.15, 0.2) is 18.2 Å². The van der Waals surface area contributed by atoms with E-state index in [1.165, 1.54) is 0 Å². The Morgan fingerprint density at radius 2 is 2.16 bits per heavy atom. The van der Waals surface area contributed by atoms with Crippen LogP contribution in [0.5, 0.6) is 0 Å². The number of carbonyl (C=O) groups excluding carboxylic acids is 1. The first-order valence-corrected chi connectivity index (χ1v) is 6.35. The number of ether oxygens (including phenoxy) is 1. The lowest BCUT2D eigenvalue weighted by molar-refractivity contribution is 0.0636. The van der Waals surface area contributed by atoms with Crippen LogP contribution in [0.3, 0.4) is 0 Å². The molecule has 5 heteroatoms. The first-order valence-electron chi connectivity index (χ1n) is 5.97. The van der Waals surface area contributed by atoms with Gasteiger partial charge in [0.1, 0.15) is 5.60 Å². The van der Waals surface area contributed by atoms with Crippen molar-refractivity contribution >= 4 is 23.4 Å². The highest BCUT2D eigenvalue weighted by Crippen LogP contribution is 2.22. The van der Waals surface area contributed by atoms with Crippen molar-refractivity contribution in [2.24, 2.45) is 0 Å². The molecular formula is C14H17ClN2O2. The Morgan fingerprint density at radius 1 is 1.47 bits per heavy atom. The average Bonchev–Trinajstić information content (AvgIpc) is 2.27. The largest absolute Gasteiger partial charge is 0.444 e. The van der Waals surface area contributed by atoms with Crippen molar-refractivity contribution in [2.45, 2.75) is 39.2 Å². The topological polar surface area (TPSA) is 62.1 Å². The van der Waals surface area contributed by atoms with Crippen LogP contribution in [0.2, 0.25) is 5.02 Å². The van der Waals surface area contributed by atoms with Gasteiger partial charge in [-0.2, -0.15) is 5.26 Å². The number of hydrogen-bond acceptors (Lipinski definition) is 3. The number of nitrogens with one attached hydrogen (secondary N) is 1. The molecule has 0 aliphatic carbocycles. The number of aryl methyl sites for hydroxylation is 1. The molecule has 0 bridgehead atoms. The minimum atomic E-state index is -0.552. The molecule has 0 saturated carbocycles. The van der Waals surface area contributed by atoms with E-state index in [2.05, 4.69) is 11.4 Å². The van der Waals surface area contributed by atoms with E-state index >= 15 is 0 Å². The third-order valence-corrected chi connectivity index (χ3v) is 2.44. The zero-order chi connectivity index (χ0) is 14.5. The van der Waals surface area contributed by atoms with Gasteiger partial charge >= 0.3 is 6.09 Å². The minimum absolute atomic E-state index is 0.364. The molecule has 102 valence electrons. The van der Waals surface area contributed by atoms with E-state index < -0.39 is 11.7 Å². The van der Waals surface area contributed by atoms with Gasteiger partial charge in [0.2, 0.25) is 0 Å². The van der Waals surface area contributed by atoms with Crippen LogP contribution in [-0.4, -0.2) is 11.7 Å². The summed E-state index contributed by atoms with van der Waals surface area (Å²) in [6.07, 6.45) is 0.374. The molecule has 0 aliphatic heterocycles. The summed E-state index contributed by atoms with van der Waals surface area (Å²) in [5.74, 6) is 0. The quantitative estimate of drug-likeness (QED) is 0.905. The average molecular weight is 281 g/mol. The third-order valence-electron chi connectivity index (χ3n) is 2.21. The number of hydrogen-bond donors (Lipinski definition) is 1. The number of anilines is 1. The predicted octanol–water partition coefficient (Wildman–Crippen LogP) is 4.14. The van der Waals surface area contributed by atoms with Gasteiger partial charge in [-0.3, -0.25) is 5.32 Å². The minimum Gasteiger partial charge on any atom is -0.444 e. The van der Waals surface area contributed by atoms with Gasteiger partial charge in [0.05, 0.1) is 6.07 Å². The van der Waals surface area contributed by atoms with Crippen molar-refractivity contribution in [2.75, 3.05) is 5.32 Å². The smallest absolute Gasteiger partial charge is 0.412 e. The van der Waals surface area contributed by atoms with Crippen molar-refractivity contribution in [3.63, 3.8) is 0 Å². The summed E-state index contributed by atoms with van der Waals surface area (Å²) in [6.45, 7) is 5.39. The van der Waals surface area contributed by atoms with Crippen molar-refractivity contribution < 1.29 is 9.53 Å². The first-order chi connectivity index (χ1) is 8.81. The van der Waals surface area contributed by atoms with Gasteiger partial charge in [-0.25, -0.2) is 4.79 Å². The summed E-state index contributed by atoms with van der Waals surface area (Å²) in [6, 6.07) is 7.20. The Bertz CT molecular complexity index is 501. The highest BCUT2D eigenvalue weighted by atomic mass is 35.5. The fourth-order valence-corrected chi connectivity index (χ4v) is 1.69. The number of carbonyl (C=O) groups is 1. The number of halogens is 1. The zero-order valence-electron chi connectivity index (χ0n) is 11.3. The molecule has 0 fully saturated rings. The van der Waals surface area contributed by atoms with Gasteiger partial charge in [-0.1, -0.05) is 11.6 Å². The molecule has 1 rings (SSSR count). The van der Waals surface area contributed by atoms with E-state index in [0.717, 1.165) is 5.56 Å². The highest BCUT2D eigenvalue weighted by molar-refractivity contribution is 6.30. The van der Waals surface area contributed by atoms with Gasteiger partial charge in [0, 0.05) is 17.1 Å². The molecule has 1 aromatic carbocycles. The number of nitrogens with zero attached hydrogens (tertiary/aromatic N) is 1. The van der Waals surface area contributed by atoms with Gasteiger partial charge in [-0.05, 0) is 51.0 Å². The molecule has 1 amide bonds. The van der Waals surface area contributed by atoms with Crippen molar-refractivity contribution in [1.29, 1.82) is 5.26 Å². The maximum atomic E-state index is 11.7. The molecule has 4 nitrogen and oxygen atoms in total. The molecule has 0 spiro atoms. The molecule has 0 aromatic heterocycles. The van der Waals surface area contributed by atoms with E-state index in [0.29, 0.717) is 23.6 Å². The maximum absolute atomic E-state index is 11.7. The first kappa shape index (κ1) is 15.3. The summed E-state index contributed by atoms with van der Waals surface area (Å²) in [5.41, 5.74) is 0.886. The van der Waals surface area contributed by atoms with Crippen LogP contribution in [0.4, 0.5) is 10.5 Å². The SMILES string of the molecule is CC(C)(C)OC(=O)Nc1ccc(Cl)cc1CCC#N. The number of rotatable bonds is 3. The Hall–Kier alpha value is -1.73. The second kappa shape index (κ2) is 6.44. The molecule has 19 heavy (non-hydrogen) atoms. The highest BCUT2D eigenvalue weighted by Gasteiger charge is 2.17. The monoisotopic (exact) mass is 280 g/mol. The van der Waals surface area contributed by atoms with Gasteiger partial charge in [0.15, 0.2) is 0 Å². The molecule has 0 aliphatic rings. The van der Waals surface area contributed by atoms with Crippen molar-refractivity contribution in [3.05, 3.63) is 28.8 Å². The Kier molecular flexibility index (Phi) is 5.20. The van der Waals surface area contributed by atoms with Gasteiger partial charge in [-0.15, -0.1) is 0 Å². The van der Waals surface area contributed by atoms with Gasteiger partial charge in [0.25, 0.3) is 0 Å². The second-order valence-corrected chi connectivity index (χ2v) is 5.52. The predicted molar refractivity (Wildman–Crippen MR) is 75.2 cm³/mol. The van der Waals surface area contributed by atoms with Crippen LogP contribution >= 0.6 is 11.6 Å². The van der Waals surface area contributed by atoms with E-state index in [1.54, 1.807) is 39.0 Å². The van der Waals surface area contributed by atoms with E-state index in [9.17, 15) is 4.79 Å². The Balaban J connectivity index is 2.82. The summed E-state index contributed by atoms with van der Waals surface area (Å²) in [5, 5.41) is 11.9. The maximum Gasteiger partial charge on any atom is 0.412 e. The van der Waals surface area contributed by atoms with E-state index in [4.69, 9.17) is 21.6 Å². The molecule has 0 atom stereocenters. The van der Waals surface area contributed by atoms with E-state index in [1.807, 2.05) is 0 Å². The zero-order valence-corrected chi connectivity index (χ0v) is 12.0. The summed E-state index contributed by atoms with van der Waals surface area (Å²) in [7, 11) is 0. The molecule has 0 heterocycles. The lowest BCUT2D eigenvalue weighted by atomic mass is 10.1. The van der Waals surface area contributed by atoms with Crippen LogP contribution in [0.1, 0.15) is 32.8 Å². The van der Waals surface area contributed by atoms with Crippen molar-refractivity contribution in [3.8, 4) is 6.07 Å². The molecular weight excluding hydrogens is 264 g/mol. The molecule has 0 saturated heterocycles. The van der Waals surface area contributed by atoms with Crippen LogP contribution in [0, 0.1) is 11.3 Å². The Morgan fingerprint density at radius 3 is 2.74 bits per heavy atom. The fraction of sp³-hybridized carbons (Fsp3) is 0.429. The van der Waals surface area contributed by atoms with Crippen LogP contribution in [0.25, 0.3) is 0 Å². The number of nitriles is 1. The molecule has 0 unspecified atom stereocenters. The Labute approximate surface area is 118 Å². The summed E-state index contributed by atoms with van der Waals surface area (Å²) < 4.78 is 5.18. The number of amides is 1. The molecule has 1 N–H and O–H groups in total. The molecule has 1 aromatic rings. The second-order valence-electron chi connectivity index (χ2n) is 5.09. The molecule has 0 radical (unpaired) electrons. The summed E-state index contributed by atoms with van der Waals surface area (Å²) >= 11 is 5.91. The van der Waals surface area contributed by atoms with Crippen molar-refractivity contribution in [1.82, 2.24) is 0 Å². The lowest BCUT2D eigenvalue weighted by Gasteiger charge is -2.20. The van der Waals surface area contributed by atoms with Crippen LogP contribution in [-0.2, 0) is 11.2 Å². The summed E-state index contributed by atoms with van der Waals surface area (Å²) in [4.78, 5) is 11.7. The normalized spacial score (nSPS) is 10.7. The van der Waals surface area contributed by atoms with E-state index in [-0.39, 0.29) is 0 Å². The number of benzene rings is 1. The lowest BCUT2D eigenvalue weighted by Crippen LogP contribution is -2.27. The van der Waals surface area contributed by atoms with Crippen LogP contribution < -0.4 is 5.32 Å². The third kappa shape index (κ3) is 5.62. The standard InChI is InChI=1S/C14H17ClN2O2/c1-14(2,3)19-13(18)17-12-7-6-11(15)9-10(12)5-4-8-16/h6-7,9H,4-5H2,1-3H3,(H,17,18). The van der Waals surface area contributed by atoms with Gasteiger partial charge < -0.3 is 4.74 Å².